The quantitative estimate of drug-likeness (QED) is 0.675. The average molecular weight is 370 g/mol. The lowest BCUT2D eigenvalue weighted by molar-refractivity contribution is 0.471. The van der Waals surface area contributed by atoms with Crippen molar-refractivity contribution in [1.29, 1.82) is 0 Å². The molecule has 0 aliphatic rings. The van der Waals surface area contributed by atoms with Gasteiger partial charge in [-0.05, 0) is 40.2 Å². The molecule has 0 fully saturated rings. The summed E-state index contributed by atoms with van der Waals surface area (Å²) in [6.45, 7) is 0. The second kappa shape index (κ2) is 5.16. The summed E-state index contributed by atoms with van der Waals surface area (Å²) in [4.78, 5) is 12.1. The Morgan fingerprint density at radius 3 is 2.76 bits per heavy atom. The van der Waals surface area contributed by atoms with Gasteiger partial charge in [0.1, 0.15) is 17.3 Å². The molecule has 0 bridgehead atoms. The van der Waals surface area contributed by atoms with E-state index in [0.717, 1.165) is 12.1 Å². The molecule has 1 N–H and O–H groups in total. The highest BCUT2D eigenvalue weighted by Crippen LogP contribution is 2.36. The molecule has 0 saturated carbocycles. The molecule has 0 aliphatic heterocycles. The summed E-state index contributed by atoms with van der Waals surface area (Å²) in [6, 6.07) is 8.27. The van der Waals surface area contributed by atoms with Crippen molar-refractivity contribution >= 4 is 38.5 Å². The third-order valence-corrected chi connectivity index (χ3v) is 3.92. The van der Waals surface area contributed by atoms with Crippen molar-refractivity contribution in [2.45, 2.75) is 0 Å². The van der Waals surface area contributed by atoms with Gasteiger partial charge in [0, 0.05) is 6.07 Å². The number of phenolic OH excluding ortho intramolecular Hbond substituents is 1. The van der Waals surface area contributed by atoms with E-state index in [0.29, 0.717) is 10.0 Å². The Morgan fingerprint density at radius 1 is 1.24 bits per heavy atom. The molecule has 6 heteroatoms. The number of phenols is 1. The molecule has 0 aliphatic carbocycles. The number of fused-ring (bicyclic) bond motifs is 1. The predicted octanol–water partition coefficient (Wildman–Crippen LogP) is 4.72. The van der Waals surface area contributed by atoms with Crippen LogP contribution in [0.2, 0.25) is 5.02 Å². The van der Waals surface area contributed by atoms with E-state index >= 15 is 0 Å². The van der Waals surface area contributed by atoms with E-state index in [1.807, 2.05) is 0 Å². The molecule has 3 nitrogen and oxygen atoms in total. The van der Waals surface area contributed by atoms with Crippen molar-refractivity contribution in [2.24, 2.45) is 0 Å². The molecule has 0 unspecified atom stereocenters. The van der Waals surface area contributed by atoms with Crippen molar-refractivity contribution in [3.05, 3.63) is 61.9 Å². The molecule has 106 valence electrons. The first-order valence-corrected chi connectivity index (χ1v) is 7.05. The van der Waals surface area contributed by atoms with Gasteiger partial charge in [-0.25, -0.2) is 4.39 Å². The molecular formula is C15H7BrClFO3. The molecular weight excluding hydrogens is 363 g/mol. The summed E-state index contributed by atoms with van der Waals surface area (Å²) in [6.07, 6.45) is 0. The lowest BCUT2D eigenvalue weighted by Crippen LogP contribution is -2.01. The molecule has 2 aromatic carbocycles. The number of benzene rings is 2. The fourth-order valence-corrected chi connectivity index (χ4v) is 2.64. The monoisotopic (exact) mass is 368 g/mol. The number of rotatable bonds is 1. The van der Waals surface area contributed by atoms with E-state index in [-0.39, 0.29) is 27.5 Å². The molecule has 3 rings (SSSR count). The molecule has 0 spiro atoms. The Kier molecular flexibility index (Phi) is 3.47. The maximum absolute atomic E-state index is 13.3. The van der Waals surface area contributed by atoms with Crippen molar-refractivity contribution in [2.75, 3.05) is 0 Å². The van der Waals surface area contributed by atoms with E-state index in [2.05, 4.69) is 15.9 Å². The summed E-state index contributed by atoms with van der Waals surface area (Å²) in [5.74, 6) is -0.518. The van der Waals surface area contributed by atoms with E-state index < -0.39 is 11.2 Å². The van der Waals surface area contributed by atoms with Crippen LogP contribution in [0.15, 0.2) is 50.1 Å². The van der Waals surface area contributed by atoms with Gasteiger partial charge in [-0.1, -0.05) is 17.7 Å². The normalized spacial score (nSPS) is 11.0. The maximum Gasteiger partial charge on any atom is 0.193 e. The number of hydrogen-bond donors (Lipinski definition) is 1. The fraction of sp³-hybridized carbons (Fsp3) is 0. The number of para-hydroxylation sites is 1. The predicted molar refractivity (Wildman–Crippen MR) is 82.3 cm³/mol. The van der Waals surface area contributed by atoms with Gasteiger partial charge in [-0.3, -0.25) is 4.79 Å². The molecule has 0 amide bonds. The van der Waals surface area contributed by atoms with Gasteiger partial charge in [0.05, 0.1) is 20.4 Å². The van der Waals surface area contributed by atoms with Crippen LogP contribution in [0, 0.1) is 5.82 Å². The molecule has 3 aromatic rings. The summed E-state index contributed by atoms with van der Waals surface area (Å²) in [5, 5.41) is 10.1. The van der Waals surface area contributed by atoms with Crippen LogP contribution in [0.25, 0.3) is 22.3 Å². The van der Waals surface area contributed by atoms with Crippen molar-refractivity contribution in [3.63, 3.8) is 0 Å². The molecule has 21 heavy (non-hydrogen) atoms. The molecule has 1 aromatic heterocycles. The summed E-state index contributed by atoms with van der Waals surface area (Å²) < 4.78 is 19.3. The van der Waals surface area contributed by atoms with Gasteiger partial charge in [0.25, 0.3) is 0 Å². The number of hydrogen-bond acceptors (Lipinski definition) is 3. The van der Waals surface area contributed by atoms with Crippen LogP contribution in [-0.2, 0) is 0 Å². The zero-order chi connectivity index (χ0) is 15.1. The van der Waals surface area contributed by atoms with Crippen LogP contribution in [0.4, 0.5) is 4.39 Å². The average Bonchev–Trinajstić information content (AvgIpc) is 2.43. The molecule has 0 saturated heterocycles. The Bertz CT molecular complexity index is 921. The largest absolute Gasteiger partial charge is 0.506 e. The van der Waals surface area contributed by atoms with E-state index in [1.54, 1.807) is 18.2 Å². The lowest BCUT2D eigenvalue weighted by atomic mass is 10.1. The van der Waals surface area contributed by atoms with Crippen LogP contribution >= 0.6 is 27.5 Å². The SMILES string of the molecule is O=c1cc(-c2cccc(Br)c2O)oc2c(Cl)cc(F)cc12. The Balaban J connectivity index is 2.36. The Labute approximate surface area is 131 Å². The van der Waals surface area contributed by atoms with E-state index in [1.165, 1.54) is 6.07 Å². The summed E-state index contributed by atoms with van der Waals surface area (Å²) in [5.41, 5.74) is -0.0178. The first-order chi connectivity index (χ1) is 9.97. The molecule has 0 atom stereocenters. The first-order valence-electron chi connectivity index (χ1n) is 5.88. The van der Waals surface area contributed by atoms with Gasteiger partial charge in [0.15, 0.2) is 11.0 Å². The highest BCUT2D eigenvalue weighted by atomic mass is 79.9. The number of halogens is 3. The van der Waals surface area contributed by atoms with Crippen LogP contribution in [0.3, 0.4) is 0 Å². The third-order valence-electron chi connectivity index (χ3n) is 3.00. The molecule has 0 radical (unpaired) electrons. The highest BCUT2D eigenvalue weighted by molar-refractivity contribution is 9.10. The van der Waals surface area contributed by atoms with Gasteiger partial charge in [-0.15, -0.1) is 0 Å². The van der Waals surface area contributed by atoms with Crippen LogP contribution < -0.4 is 5.43 Å². The minimum absolute atomic E-state index is 0.00145. The standard InChI is InChI=1S/C15H7BrClFO3/c16-10-3-1-2-8(14(10)20)13-6-12(19)9-4-7(18)5-11(17)15(9)21-13/h1-6,20H. The van der Waals surface area contributed by atoms with Crippen molar-refractivity contribution < 1.29 is 13.9 Å². The van der Waals surface area contributed by atoms with Gasteiger partial charge >= 0.3 is 0 Å². The lowest BCUT2D eigenvalue weighted by Gasteiger charge is -2.07. The number of aromatic hydroxyl groups is 1. The summed E-state index contributed by atoms with van der Waals surface area (Å²) in [7, 11) is 0. The highest BCUT2D eigenvalue weighted by Gasteiger charge is 2.14. The Hall–Kier alpha value is -1.85. The smallest absolute Gasteiger partial charge is 0.193 e. The van der Waals surface area contributed by atoms with Gasteiger partial charge < -0.3 is 9.52 Å². The second-order valence-electron chi connectivity index (χ2n) is 4.38. The molecule has 1 heterocycles. The van der Waals surface area contributed by atoms with Gasteiger partial charge in [-0.2, -0.15) is 0 Å². The van der Waals surface area contributed by atoms with Crippen molar-refractivity contribution in [1.82, 2.24) is 0 Å². The van der Waals surface area contributed by atoms with Crippen LogP contribution in [0.1, 0.15) is 0 Å². The minimum Gasteiger partial charge on any atom is -0.506 e. The van der Waals surface area contributed by atoms with E-state index in [4.69, 9.17) is 16.0 Å². The minimum atomic E-state index is -0.613. The van der Waals surface area contributed by atoms with Gasteiger partial charge in [0.2, 0.25) is 0 Å². The Morgan fingerprint density at radius 2 is 2.00 bits per heavy atom. The summed E-state index contributed by atoms with van der Waals surface area (Å²) >= 11 is 9.11. The second-order valence-corrected chi connectivity index (χ2v) is 5.64. The zero-order valence-electron chi connectivity index (χ0n) is 10.4. The fourth-order valence-electron chi connectivity index (χ4n) is 2.03. The third kappa shape index (κ3) is 2.43. The zero-order valence-corrected chi connectivity index (χ0v) is 12.7. The van der Waals surface area contributed by atoms with Crippen molar-refractivity contribution in [3.8, 4) is 17.1 Å². The van der Waals surface area contributed by atoms with Crippen LogP contribution in [0.5, 0.6) is 5.75 Å². The van der Waals surface area contributed by atoms with E-state index in [9.17, 15) is 14.3 Å². The van der Waals surface area contributed by atoms with Crippen LogP contribution in [-0.4, -0.2) is 5.11 Å². The first kappa shape index (κ1) is 14.1. The maximum atomic E-state index is 13.3. The topological polar surface area (TPSA) is 50.4 Å².